The van der Waals surface area contributed by atoms with Crippen molar-refractivity contribution in [1.82, 2.24) is 14.5 Å². The second kappa shape index (κ2) is 4.44. The molecule has 0 saturated heterocycles. The molecule has 0 unspecified atom stereocenters. The maximum atomic E-state index is 4.27. The molecule has 4 nitrogen and oxygen atoms in total. The zero-order valence-electron chi connectivity index (χ0n) is 8.84. The van der Waals surface area contributed by atoms with Crippen LogP contribution >= 0.6 is 11.3 Å². The van der Waals surface area contributed by atoms with Crippen LogP contribution in [0.2, 0.25) is 0 Å². The number of thiazole rings is 1. The topological polar surface area (TPSA) is 42.7 Å². The third kappa shape index (κ3) is 2.56. The van der Waals surface area contributed by atoms with E-state index in [0.29, 0.717) is 6.04 Å². The summed E-state index contributed by atoms with van der Waals surface area (Å²) < 4.78 is 2.07. The van der Waals surface area contributed by atoms with Crippen LogP contribution in [0.4, 0.5) is 5.95 Å². The Morgan fingerprint density at radius 3 is 2.93 bits per heavy atom. The van der Waals surface area contributed by atoms with E-state index in [4.69, 9.17) is 0 Å². The Hall–Kier alpha value is -1.36. The summed E-state index contributed by atoms with van der Waals surface area (Å²) in [4.78, 5) is 8.52. The Morgan fingerprint density at radius 1 is 1.40 bits per heavy atom. The minimum absolute atomic E-state index is 0.391. The molecule has 0 aliphatic rings. The molecule has 2 heterocycles. The van der Waals surface area contributed by atoms with E-state index >= 15 is 0 Å². The van der Waals surface area contributed by atoms with Gasteiger partial charge in [-0.15, -0.1) is 11.3 Å². The van der Waals surface area contributed by atoms with Crippen LogP contribution in [-0.2, 0) is 6.54 Å². The van der Waals surface area contributed by atoms with Crippen LogP contribution in [0.15, 0.2) is 24.0 Å². The van der Waals surface area contributed by atoms with Gasteiger partial charge in [0.2, 0.25) is 5.95 Å². The van der Waals surface area contributed by atoms with Crippen LogP contribution in [0.3, 0.4) is 0 Å². The molecule has 2 aromatic heterocycles. The van der Waals surface area contributed by atoms with Crippen molar-refractivity contribution in [3.8, 4) is 0 Å². The fourth-order valence-electron chi connectivity index (χ4n) is 1.31. The predicted molar refractivity (Wildman–Crippen MR) is 62.2 cm³/mol. The summed E-state index contributed by atoms with van der Waals surface area (Å²) in [7, 11) is 0. The Morgan fingerprint density at radius 2 is 2.27 bits per heavy atom. The van der Waals surface area contributed by atoms with Crippen LogP contribution in [0.25, 0.3) is 0 Å². The summed E-state index contributed by atoms with van der Waals surface area (Å²) in [5, 5.41) is 6.38. The first kappa shape index (κ1) is 10.2. The highest BCUT2D eigenvalue weighted by Gasteiger charge is 2.05. The number of nitrogens with zero attached hydrogens (tertiary/aromatic N) is 3. The quantitative estimate of drug-likeness (QED) is 0.862. The van der Waals surface area contributed by atoms with Gasteiger partial charge in [0.1, 0.15) is 5.01 Å². The minimum Gasteiger partial charge on any atom is -0.353 e. The van der Waals surface area contributed by atoms with Gasteiger partial charge in [-0.2, -0.15) is 0 Å². The van der Waals surface area contributed by atoms with Gasteiger partial charge >= 0.3 is 0 Å². The summed E-state index contributed by atoms with van der Waals surface area (Å²) in [6, 6.07) is 0.391. The van der Waals surface area contributed by atoms with Gasteiger partial charge in [0.05, 0.1) is 6.54 Å². The summed E-state index contributed by atoms with van der Waals surface area (Å²) >= 11 is 1.66. The lowest BCUT2D eigenvalue weighted by Gasteiger charge is -2.10. The van der Waals surface area contributed by atoms with E-state index in [1.54, 1.807) is 17.5 Å². The van der Waals surface area contributed by atoms with E-state index in [1.165, 1.54) is 0 Å². The molecule has 1 N–H and O–H groups in total. The number of anilines is 1. The van der Waals surface area contributed by atoms with Gasteiger partial charge in [-0.1, -0.05) is 0 Å². The molecular formula is C10H14N4S. The minimum atomic E-state index is 0.391. The van der Waals surface area contributed by atoms with E-state index in [0.717, 1.165) is 17.5 Å². The van der Waals surface area contributed by atoms with Crippen molar-refractivity contribution in [2.45, 2.75) is 26.4 Å². The Bertz CT molecular complexity index is 405. The van der Waals surface area contributed by atoms with Gasteiger partial charge in [-0.05, 0) is 13.8 Å². The van der Waals surface area contributed by atoms with E-state index < -0.39 is 0 Å². The van der Waals surface area contributed by atoms with Crippen molar-refractivity contribution in [1.29, 1.82) is 0 Å². The molecule has 0 spiro atoms. The first-order chi connectivity index (χ1) is 7.25. The third-order valence-corrected chi connectivity index (χ3v) is 2.69. The van der Waals surface area contributed by atoms with E-state index in [1.807, 2.05) is 17.8 Å². The fourth-order valence-corrected chi connectivity index (χ4v) is 1.93. The summed E-state index contributed by atoms with van der Waals surface area (Å²) in [6.07, 6.45) is 5.59. The van der Waals surface area contributed by atoms with E-state index in [9.17, 15) is 0 Å². The van der Waals surface area contributed by atoms with Gasteiger partial charge in [0.25, 0.3) is 0 Å². The maximum absolute atomic E-state index is 4.27. The molecular weight excluding hydrogens is 208 g/mol. The Balaban J connectivity index is 2.11. The molecule has 0 amide bonds. The molecule has 0 aliphatic heterocycles. The lowest BCUT2D eigenvalue weighted by molar-refractivity contribution is 0.769. The van der Waals surface area contributed by atoms with Crippen molar-refractivity contribution in [2.24, 2.45) is 0 Å². The molecule has 2 rings (SSSR count). The van der Waals surface area contributed by atoms with Crippen molar-refractivity contribution in [3.63, 3.8) is 0 Å². The Kier molecular flexibility index (Phi) is 3.01. The number of hydrogen-bond donors (Lipinski definition) is 1. The molecule has 0 bridgehead atoms. The smallest absolute Gasteiger partial charge is 0.203 e. The number of hydrogen-bond acceptors (Lipinski definition) is 4. The Labute approximate surface area is 93.0 Å². The first-order valence-corrected chi connectivity index (χ1v) is 5.79. The predicted octanol–water partition coefficient (Wildman–Crippen LogP) is 2.21. The summed E-state index contributed by atoms with van der Waals surface area (Å²) in [5.41, 5.74) is 0. The third-order valence-electron chi connectivity index (χ3n) is 1.92. The first-order valence-electron chi connectivity index (χ1n) is 4.92. The number of nitrogens with one attached hydrogen (secondary N) is 1. The van der Waals surface area contributed by atoms with E-state index in [-0.39, 0.29) is 0 Å². The number of aromatic nitrogens is 3. The molecule has 0 fully saturated rings. The average Bonchev–Trinajstić information content (AvgIpc) is 2.78. The van der Waals surface area contributed by atoms with Crippen LogP contribution in [-0.4, -0.2) is 20.6 Å². The number of imidazole rings is 1. The molecule has 0 saturated carbocycles. The lowest BCUT2D eigenvalue weighted by Crippen LogP contribution is -2.14. The number of rotatable bonds is 4. The van der Waals surface area contributed by atoms with Gasteiger partial charge < -0.3 is 9.88 Å². The van der Waals surface area contributed by atoms with Crippen LogP contribution in [0.1, 0.15) is 18.9 Å². The van der Waals surface area contributed by atoms with Crippen LogP contribution in [0.5, 0.6) is 0 Å². The molecule has 0 aromatic carbocycles. The standard InChI is InChI=1S/C10H14N4S/c1-8(2)13-10-12-3-5-14(10)7-9-11-4-6-15-9/h3-6,8H,7H2,1-2H3,(H,12,13). The fraction of sp³-hybridized carbons (Fsp3) is 0.400. The monoisotopic (exact) mass is 222 g/mol. The van der Waals surface area contributed by atoms with Gasteiger partial charge in [0, 0.05) is 30.0 Å². The zero-order chi connectivity index (χ0) is 10.7. The SMILES string of the molecule is CC(C)Nc1nccn1Cc1nccs1. The maximum Gasteiger partial charge on any atom is 0.203 e. The van der Waals surface area contributed by atoms with Crippen molar-refractivity contribution < 1.29 is 0 Å². The molecule has 2 aromatic rings. The van der Waals surface area contributed by atoms with Gasteiger partial charge in [-0.3, -0.25) is 0 Å². The van der Waals surface area contributed by atoms with E-state index in [2.05, 4.69) is 33.7 Å². The second-order valence-corrected chi connectivity index (χ2v) is 4.58. The molecule has 0 radical (unpaired) electrons. The molecule has 0 atom stereocenters. The normalized spacial score (nSPS) is 10.9. The lowest BCUT2D eigenvalue weighted by atomic mass is 10.4. The molecule has 15 heavy (non-hydrogen) atoms. The highest BCUT2D eigenvalue weighted by molar-refractivity contribution is 7.09. The summed E-state index contributed by atoms with van der Waals surface area (Å²) in [5.74, 6) is 0.903. The largest absolute Gasteiger partial charge is 0.353 e. The summed E-state index contributed by atoms with van der Waals surface area (Å²) in [6.45, 7) is 4.98. The molecule has 0 aliphatic carbocycles. The van der Waals surface area contributed by atoms with Crippen molar-refractivity contribution in [3.05, 3.63) is 29.0 Å². The highest BCUT2D eigenvalue weighted by Crippen LogP contribution is 2.11. The van der Waals surface area contributed by atoms with Crippen molar-refractivity contribution >= 4 is 17.3 Å². The molecule has 80 valence electrons. The van der Waals surface area contributed by atoms with Gasteiger partial charge in [-0.25, -0.2) is 9.97 Å². The highest BCUT2D eigenvalue weighted by atomic mass is 32.1. The average molecular weight is 222 g/mol. The van der Waals surface area contributed by atoms with Crippen LogP contribution < -0.4 is 5.32 Å². The second-order valence-electron chi connectivity index (χ2n) is 3.60. The molecule has 5 heteroatoms. The van der Waals surface area contributed by atoms with Crippen LogP contribution in [0, 0.1) is 0 Å². The van der Waals surface area contributed by atoms with Crippen molar-refractivity contribution in [2.75, 3.05) is 5.32 Å². The van der Waals surface area contributed by atoms with Gasteiger partial charge in [0.15, 0.2) is 0 Å². The zero-order valence-corrected chi connectivity index (χ0v) is 9.66.